The highest BCUT2D eigenvalue weighted by Gasteiger charge is 2.27. The van der Waals surface area contributed by atoms with Crippen molar-refractivity contribution in [2.45, 2.75) is 59.9 Å². The molecule has 0 bridgehead atoms. The molecule has 37 heavy (non-hydrogen) atoms. The predicted molar refractivity (Wildman–Crippen MR) is 147 cm³/mol. The van der Waals surface area contributed by atoms with Gasteiger partial charge < -0.3 is 10.0 Å². The Morgan fingerprint density at radius 3 is 2.24 bits per heavy atom. The van der Waals surface area contributed by atoms with E-state index < -0.39 is 5.97 Å². The number of carboxylic acid groups (broad SMARTS) is 1. The molecular formula is C32H34N2O3. The maximum Gasteiger partial charge on any atom is 0.304 e. The summed E-state index contributed by atoms with van der Waals surface area (Å²) in [5.41, 5.74) is 12.8. The zero-order valence-corrected chi connectivity index (χ0v) is 22.3. The first-order valence-corrected chi connectivity index (χ1v) is 13.0. The second kappa shape index (κ2) is 9.62. The normalized spacial score (nSPS) is 15.2. The van der Waals surface area contributed by atoms with Gasteiger partial charge in [0.05, 0.1) is 18.7 Å². The number of carbonyl (C=O) groups excluding carboxylic acids is 1. The molecule has 0 radical (unpaired) electrons. The molecule has 0 spiro atoms. The van der Waals surface area contributed by atoms with Crippen LogP contribution in [0.15, 0.2) is 47.5 Å². The van der Waals surface area contributed by atoms with Crippen molar-refractivity contribution >= 4 is 17.6 Å². The molecule has 5 heteroatoms. The third-order valence-corrected chi connectivity index (χ3v) is 8.19. The molecule has 1 amide bonds. The molecular weight excluding hydrogens is 460 g/mol. The van der Waals surface area contributed by atoms with Crippen LogP contribution in [0.2, 0.25) is 0 Å². The summed E-state index contributed by atoms with van der Waals surface area (Å²) in [5, 5.41) is 9.75. The Morgan fingerprint density at radius 2 is 1.62 bits per heavy atom. The topological polar surface area (TPSA) is 70.0 Å². The molecule has 1 atom stereocenters. The van der Waals surface area contributed by atoms with Crippen molar-refractivity contribution < 1.29 is 14.7 Å². The van der Waals surface area contributed by atoms with Gasteiger partial charge in [0.15, 0.2) is 0 Å². The van der Waals surface area contributed by atoms with Crippen molar-refractivity contribution in [1.82, 2.24) is 4.90 Å². The van der Waals surface area contributed by atoms with E-state index in [-0.39, 0.29) is 18.2 Å². The average molecular weight is 495 g/mol. The number of benzene rings is 3. The zero-order valence-electron chi connectivity index (χ0n) is 22.3. The van der Waals surface area contributed by atoms with Gasteiger partial charge in [-0.2, -0.15) is 0 Å². The molecule has 3 aromatic carbocycles. The van der Waals surface area contributed by atoms with Crippen molar-refractivity contribution in [3.63, 3.8) is 0 Å². The Balaban J connectivity index is 1.47. The molecule has 1 N–H and O–H groups in total. The summed E-state index contributed by atoms with van der Waals surface area (Å²) in [5.74, 6) is -1.00. The summed E-state index contributed by atoms with van der Waals surface area (Å²) in [6, 6.07) is 14.7. The Bertz CT molecular complexity index is 1440. The molecule has 0 saturated heterocycles. The van der Waals surface area contributed by atoms with Crippen LogP contribution in [0.5, 0.6) is 0 Å². The van der Waals surface area contributed by atoms with Crippen molar-refractivity contribution in [3.05, 3.63) is 104 Å². The predicted octanol–water partition coefficient (Wildman–Crippen LogP) is 5.84. The monoisotopic (exact) mass is 494 g/mol. The maximum atomic E-state index is 13.7. The van der Waals surface area contributed by atoms with Crippen molar-refractivity contribution in [2.24, 2.45) is 4.99 Å². The van der Waals surface area contributed by atoms with E-state index in [1.807, 2.05) is 25.7 Å². The minimum absolute atomic E-state index is 0.0174. The first kappa shape index (κ1) is 24.9. The number of hydrogen-bond acceptors (Lipinski definition) is 3. The number of nitrogens with zero attached hydrogens (tertiary/aromatic N) is 2. The summed E-state index contributed by atoms with van der Waals surface area (Å²) in [6.07, 6.45) is 0.813. The van der Waals surface area contributed by atoms with Crippen LogP contribution in [0, 0.1) is 34.6 Å². The molecule has 5 nitrogen and oxygen atoms in total. The van der Waals surface area contributed by atoms with E-state index in [2.05, 4.69) is 61.3 Å². The molecule has 0 saturated carbocycles. The lowest BCUT2D eigenvalue weighted by molar-refractivity contribution is -0.137. The van der Waals surface area contributed by atoms with Crippen molar-refractivity contribution in [2.75, 3.05) is 13.1 Å². The van der Waals surface area contributed by atoms with Crippen LogP contribution in [-0.2, 0) is 17.8 Å². The van der Waals surface area contributed by atoms with Crippen LogP contribution >= 0.6 is 0 Å². The quantitative estimate of drug-likeness (QED) is 0.468. The molecule has 0 aliphatic carbocycles. The number of fused-ring (bicyclic) bond motifs is 1. The fourth-order valence-corrected chi connectivity index (χ4v) is 5.71. The van der Waals surface area contributed by atoms with E-state index in [1.54, 1.807) is 0 Å². The molecule has 2 aliphatic rings. The summed E-state index contributed by atoms with van der Waals surface area (Å²) in [4.78, 5) is 31.8. The van der Waals surface area contributed by atoms with Gasteiger partial charge in [-0.15, -0.1) is 0 Å². The van der Waals surface area contributed by atoms with E-state index in [9.17, 15) is 14.7 Å². The molecule has 0 fully saturated rings. The van der Waals surface area contributed by atoms with Gasteiger partial charge in [0.1, 0.15) is 0 Å². The first-order chi connectivity index (χ1) is 17.6. The van der Waals surface area contributed by atoms with Gasteiger partial charge >= 0.3 is 5.97 Å². The minimum Gasteiger partial charge on any atom is -0.481 e. The molecule has 1 unspecified atom stereocenters. The largest absolute Gasteiger partial charge is 0.481 e. The lowest BCUT2D eigenvalue weighted by atomic mass is 9.83. The number of carbonyl (C=O) groups is 2. The Kier molecular flexibility index (Phi) is 6.49. The fourth-order valence-electron chi connectivity index (χ4n) is 5.71. The second-order valence-electron chi connectivity index (χ2n) is 10.6. The van der Waals surface area contributed by atoms with Crippen LogP contribution in [0.4, 0.5) is 0 Å². The van der Waals surface area contributed by atoms with E-state index in [0.29, 0.717) is 13.1 Å². The summed E-state index contributed by atoms with van der Waals surface area (Å²) in [6.45, 7) is 12.2. The molecule has 2 aliphatic heterocycles. The lowest BCUT2D eigenvalue weighted by Crippen LogP contribution is -2.37. The van der Waals surface area contributed by atoms with Gasteiger partial charge in [-0.05, 0) is 103 Å². The van der Waals surface area contributed by atoms with Crippen molar-refractivity contribution in [3.8, 4) is 0 Å². The van der Waals surface area contributed by atoms with Gasteiger partial charge in [-0.1, -0.05) is 36.4 Å². The highest BCUT2D eigenvalue weighted by Crippen LogP contribution is 2.34. The Morgan fingerprint density at radius 1 is 0.919 bits per heavy atom. The average Bonchev–Trinajstić information content (AvgIpc) is 3.71. The molecule has 3 aromatic rings. The summed E-state index contributed by atoms with van der Waals surface area (Å²) >= 11 is 0. The number of hydrogen-bond donors (Lipinski definition) is 1. The van der Waals surface area contributed by atoms with Gasteiger partial charge in [0.2, 0.25) is 0 Å². The maximum absolute atomic E-state index is 13.7. The number of aryl methyl sites for hydroxylation is 3. The van der Waals surface area contributed by atoms with E-state index in [1.165, 1.54) is 5.56 Å². The van der Waals surface area contributed by atoms with Crippen molar-refractivity contribution in [1.29, 1.82) is 0 Å². The molecule has 0 aromatic heterocycles. The SMILES string of the molecule is Cc1cc(C2=NC2)ccc1C(CC(=O)O)c1ccc2c(c1)CN(C(=O)c1c(C)c(C)cc(C)c1C)CC2. The molecule has 2 heterocycles. The van der Waals surface area contributed by atoms with E-state index in [4.69, 9.17) is 0 Å². The number of amides is 1. The second-order valence-corrected chi connectivity index (χ2v) is 10.6. The van der Waals surface area contributed by atoms with Crippen LogP contribution in [0.3, 0.4) is 0 Å². The number of carboxylic acids is 1. The fraction of sp³-hybridized carbons (Fsp3) is 0.344. The Hall–Kier alpha value is -3.73. The summed E-state index contributed by atoms with van der Waals surface area (Å²) < 4.78 is 0. The molecule has 5 rings (SSSR count). The van der Waals surface area contributed by atoms with Gasteiger partial charge in [-0.3, -0.25) is 14.6 Å². The van der Waals surface area contributed by atoms with E-state index >= 15 is 0 Å². The van der Waals surface area contributed by atoms with Crippen LogP contribution in [-0.4, -0.2) is 40.7 Å². The number of aliphatic imine (C=N–C) groups is 1. The zero-order chi connectivity index (χ0) is 26.4. The third kappa shape index (κ3) is 4.83. The lowest BCUT2D eigenvalue weighted by Gasteiger charge is -2.31. The van der Waals surface area contributed by atoms with Gasteiger partial charge in [0, 0.05) is 24.6 Å². The van der Waals surface area contributed by atoms with Crippen LogP contribution in [0.25, 0.3) is 0 Å². The minimum atomic E-state index is -0.824. The number of rotatable bonds is 6. The Labute approximate surface area is 218 Å². The summed E-state index contributed by atoms with van der Waals surface area (Å²) in [7, 11) is 0. The highest BCUT2D eigenvalue weighted by atomic mass is 16.4. The van der Waals surface area contributed by atoms with E-state index in [0.717, 1.165) is 74.3 Å². The van der Waals surface area contributed by atoms with Crippen LogP contribution in [0.1, 0.15) is 78.3 Å². The molecule has 190 valence electrons. The van der Waals surface area contributed by atoms with Gasteiger partial charge in [0.25, 0.3) is 5.91 Å². The first-order valence-electron chi connectivity index (χ1n) is 13.0. The third-order valence-electron chi connectivity index (χ3n) is 8.19. The van der Waals surface area contributed by atoms with Crippen LogP contribution < -0.4 is 0 Å². The number of aliphatic carboxylic acids is 1. The standard InChI is InChI=1S/C32H34N2O3/c1-18-12-19(2)22(5)31(21(18)4)32(37)34-11-10-23-6-7-24(14-26(23)17-34)28(15-30(35)36)27-9-8-25(13-20(27)3)29-16-33-29/h6-9,12-14,28H,10-11,15-17H2,1-5H3,(H,35,36). The van der Waals surface area contributed by atoms with Gasteiger partial charge in [-0.25, -0.2) is 0 Å². The smallest absolute Gasteiger partial charge is 0.304 e. The highest BCUT2D eigenvalue weighted by molar-refractivity contribution is 6.10.